The second-order valence-corrected chi connectivity index (χ2v) is 6.77. The summed E-state index contributed by atoms with van der Waals surface area (Å²) in [7, 11) is 0. The van der Waals surface area contributed by atoms with Crippen LogP contribution in [0.1, 0.15) is 57.8 Å². The van der Waals surface area contributed by atoms with Crippen LogP contribution in [0.2, 0.25) is 0 Å². The van der Waals surface area contributed by atoms with Crippen LogP contribution in [0.4, 0.5) is 0 Å². The summed E-state index contributed by atoms with van der Waals surface area (Å²) in [4.78, 5) is 26.7. The zero-order valence-corrected chi connectivity index (χ0v) is 12.3. The number of hydrogen-bond donors (Lipinski definition) is 1. The maximum absolute atomic E-state index is 12.8. The summed E-state index contributed by atoms with van der Waals surface area (Å²) in [5.41, 5.74) is 0. The van der Waals surface area contributed by atoms with Gasteiger partial charge in [-0.25, -0.2) is 0 Å². The molecule has 1 unspecified atom stereocenters. The Hall–Kier alpha value is -1.06. The third-order valence-electron chi connectivity index (χ3n) is 5.33. The van der Waals surface area contributed by atoms with Gasteiger partial charge in [0.15, 0.2) is 0 Å². The van der Waals surface area contributed by atoms with Crippen molar-refractivity contribution in [1.29, 1.82) is 0 Å². The predicted octanol–water partition coefficient (Wildman–Crippen LogP) is 2.08. The van der Waals surface area contributed by atoms with E-state index in [9.17, 15) is 9.59 Å². The minimum Gasteiger partial charge on any atom is -0.344 e. The first-order valence-electron chi connectivity index (χ1n) is 8.32. The van der Waals surface area contributed by atoms with Crippen molar-refractivity contribution in [3.63, 3.8) is 0 Å². The van der Waals surface area contributed by atoms with Crippen molar-refractivity contribution in [2.75, 3.05) is 13.1 Å². The Bertz CT molecular complexity index is 373. The number of carbonyl (C=O) groups is 2. The normalized spacial score (nSPS) is 29.8. The van der Waals surface area contributed by atoms with Crippen molar-refractivity contribution in [3.8, 4) is 0 Å². The van der Waals surface area contributed by atoms with Gasteiger partial charge in [-0.2, -0.15) is 0 Å². The van der Waals surface area contributed by atoms with E-state index >= 15 is 0 Å². The van der Waals surface area contributed by atoms with E-state index in [0.717, 1.165) is 19.4 Å². The van der Waals surface area contributed by atoms with Crippen molar-refractivity contribution in [2.24, 2.45) is 11.8 Å². The average Bonchev–Trinajstić information content (AvgIpc) is 2.56. The Morgan fingerprint density at radius 3 is 2.40 bits per heavy atom. The fraction of sp³-hybridized carbons (Fsp3) is 0.875. The van der Waals surface area contributed by atoms with E-state index in [1.54, 1.807) is 0 Å². The van der Waals surface area contributed by atoms with Crippen LogP contribution in [-0.2, 0) is 9.59 Å². The second kappa shape index (κ2) is 6.15. The molecule has 0 radical (unpaired) electrons. The van der Waals surface area contributed by atoms with Crippen LogP contribution in [0, 0.1) is 11.8 Å². The van der Waals surface area contributed by atoms with Crippen LogP contribution in [0.25, 0.3) is 0 Å². The maximum atomic E-state index is 12.8. The van der Waals surface area contributed by atoms with Crippen LogP contribution in [0.15, 0.2) is 0 Å². The van der Waals surface area contributed by atoms with E-state index in [1.807, 2.05) is 4.90 Å². The van der Waals surface area contributed by atoms with Crippen molar-refractivity contribution < 1.29 is 9.59 Å². The SMILES string of the molecule is O=C1CCN(CC2CCC2)C(=O)C(C2CCCCC2)N1. The van der Waals surface area contributed by atoms with Gasteiger partial charge in [-0.05, 0) is 37.5 Å². The molecule has 0 aromatic carbocycles. The minimum absolute atomic E-state index is 0.0602. The van der Waals surface area contributed by atoms with Gasteiger partial charge in [0.2, 0.25) is 11.8 Å². The first kappa shape index (κ1) is 13.9. The minimum atomic E-state index is -0.245. The molecule has 112 valence electrons. The van der Waals surface area contributed by atoms with E-state index in [1.165, 1.54) is 38.5 Å². The number of nitrogens with zero attached hydrogens (tertiary/aromatic N) is 1. The number of amides is 2. The van der Waals surface area contributed by atoms with Gasteiger partial charge < -0.3 is 10.2 Å². The number of rotatable bonds is 3. The monoisotopic (exact) mass is 278 g/mol. The Morgan fingerprint density at radius 2 is 1.75 bits per heavy atom. The molecule has 0 bridgehead atoms. The Kier molecular flexibility index (Phi) is 4.27. The molecule has 20 heavy (non-hydrogen) atoms. The highest BCUT2D eigenvalue weighted by Crippen LogP contribution is 2.30. The van der Waals surface area contributed by atoms with Gasteiger partial charge in [0.05, 0.1) is 0 Å². The van der Waals surface area contributed by atoms with Gasteiger partial charge in [-0.1, -0.05) is 25.7 Å². The van der Waals surface area contributed by atoms with Crippen molar-refractivity contribution in [3.05, 3.63) is 0 Å². The van der Waals surface area contributed by atoms with E-state index < -0.39 is 0 Å². The molecular formula is C16H26N2O2. The molecular weight excluding hydrogens is 252 g/mol. The molecule has 1 heterocycles. The molecule has 4 heteroatoms. The highest BCUT2D eigenvalue weighted by molar-refractivity contribution is 5.90. The van der Waals surface area contributed by atoms with Crippen LogP contribution >= 0.6 is 0 Å². The fourth-order valence-corrected chi connectivity index (χ4v) is 3.81. The first-order valence-corrected chi connectivity index (χ1v) is 8.32. The lowest BCUT2D eigenvalue weighted by molar-refractivity contribution is -0.136. The molecule has 1 atom stereocenters. The molecule has 4 nitrogen and oxygen atoms in total. The standard InChI is InChI=1S/C16H26N2O2/c19-14-9-10-18(11-12-5-4-6-12)16(20)15(17-14)13-7-2-1-3-8-13/h12-13,15H,1-11H2,(H,17,19). The molecule has 3 aliphatic rings. The third-order valence-corrected chi connectivity index (χ3v) is 5.33. The second-order valence-electron chi connectivity index (χ2n) is 6.77. The summed E-state index contributed by atoms with van der Waals surface area (Å²) < 4.78 is 0. The van der Waals surface area contributed by atoms with E-state index in [4.69, 9.17) is 0 Å². The summed E-state index contributed by atoms with van der Waals surface area (Å²) in [6.45, 7) is 1.49. The van der Waals surface area contributed by atoms with Crippen molar-refractivity contribution in [1.82, 2.24) is 10.2 Å². The lowest BCUT2D eigenvalue weighted by atomic mass is 9.82. The van der Waals surface area contributed by atoms with Gasteiger partial charge >= 0.3 is 0 Å². The molecule has 3 fully saturated rings. The zero-order valence-electron chi connectivity index (χ0n) is 12.3. The van der Waals surface area contributed by atoms with Crippen LogP contribution in [-0.4, -0.2) is 35.8 Å². The summed E-state index contributed by atoms with van der Waals surface area (Å²) >= 11 is 0. The van der Waals surface area contributed by atoms with Gasteiger partial charge in [0.25, 0.3) is 0 Å². The quantitative estimate of drug-likeness (QED) is 0.859. The molecule has 2 saturated carbocycles. The van der Waals surface area contributed by atoms with Crippen LogP contribution in [0.5, 0.6) is 0 Å². The summed E-state index contributed by atoms with van der Waals surface area (Å²) in [6, 6.07) is -0.245. The van der Waals surface area contributed by atoms with Crippen LogP contribution in [0.3, 0.4) is 0 Å². The van der Waals surface area contributed by atoms with E-state index in [2.05, 4.69) is 5.32 Å². The van der Waals surface area contributed by atoms with Gasteiger partial charge in [-0.15, -0.1) is 0 Å². The smallest absolute Gasteiger partial charge is 0.245 e. The number of nitrogens with one attached hydrogen (secondary N) is 1. The molecule has 1 saturated heterocycles. The Morgan fingerprint density at radius 1 is 1.00 bits per heavy atom. The zero-order chi connectivity index (χ0) is 13.9. The largest absolute Gasteiger partial charge is 0.344 e. The summed E-state index contributed by atoms with van der Waals surface area (Å²) in [6.07, 6.45) is 10.1. The molecule has 2 aliphatic carbocycles. The summed E-state index contributed by atoms with van der Waals surface area (Å²) in [5.74, 6) is 1.29. The topological polar surface area (TPSA) is 49.4 Å². The third kappa shape index (κ3) is 2.99. The van der Waals surface area contributed by atoms with E-state index in [0.29, 0.717) is 24.8 Å². The van der Waals surface area contributed by atoms with Gasteiger partial charge in [0, 0.05) is 19.5 Å². The first-order chi connectivity index (χ1) is 9.74. The lowest BCUT2D eigenvalue weighted by Crippen LogP contribution is -2.50. The van der Waals surface area contributed by atoms with Gasteiger partial charge in [0.1, 0.15) is 6.04 Å². The highest BCUT2D eigenvalue weighted by Gasteiger charge is 2.37. The summed E-state index contributed by atoms with van der Waals surface area (Å²) in [5, 5.41) is 3.01. The number of hydrogen-bond acceptors (Lipinski definition) is 2. The van der Waals surface area contributed by atoms with Gasteiger partial charge in [-0.3, -0.25) is 9.59 Å². The molecule has 2 amide bonds. The average molecular weight is 278 g/mol. The van der Waals surface area contributed by atoms with Crippen molar-refractivity contribution >= 4 is 11.8 Å². The fourth-order valence-electron chi connectivity index (χ4n) is 3.81. The lowest BCUT2D eigenvalue weighted by Gasteiger charge is -2.35. The Balaban J connectivity index is 1.68. The number of carbonyl (C=O) groups excluding carboxylic acids is 2. The van der Waals surface area contributed by atoms with E-state index in [-0.39, 0.29) is 17.9 Å². The van der Waals surface area contributed by atoms with Crippen LogP contribution < -0.4 is 5.32 Å². The molecule has 0 aromatic rings. The highest BCUT2D eigenvalue weighted by atomic mass is 16.2. The predicted molar refractivity (Wildman–Crippen MR) is 77.0 cm³/mol. The van der Waals surface area contributed by atoms with Crippen molar-refractivity contribution in [2.45, 2.75) is 63.8 Å². The Labute approximate surface area is 121 Å². The molecule has 3 rings (SSSR count). The molecule has 1 aliphatic heterocycles. The maximum Gasteiger partial charge on any atom is 0.245 e. The molecule has 0 spiro atoms. The molecule has 0 aromatic heterocycles. The molecule has 1 N–H and O–H groups in total.